The van der Waals surface area contributed by atoms with E-state index in [1.54, 1.807) is 0 Å². The zero-order valence-corrected chi connectivity index (χ0v) is 10.6. The van der Waals surface area contributed by atoms with Crippen LogP contribution in [0.15, 0.2) is 12.1 Å². The lowest BCUT2D eigenvalue weighted by molar-refractivity contribution is -0.393. The van der Waals surface area contributed by atoms with Crippen LogP contribution in [-0.2, 0) is 10.4 Å². The molecule has 0 atom stereocenters. The summed E-state index contributed by atoms with van der Waals surface area (Å²) in [5, 5.41) is 28.9. The molecule has 0 heterocycles. The summed E-state index contributed by atoms with van der Waals surface area (Å²) in [5.74, 6) is 0. The molecule has 1 aromatic rings. The number of diazo groups is 1. The highest BCUT2D eigenvalue weighted by molar-refractivity contribution is 7.79. The van der Waals surface area contributed by atoms with Gasteiger partial charge in [-0.1, -0.05) is 11.6 Å². The van der Waals surface area contributed by atoms with Gasteiger partial charge in [-0.15, -0.1) is 0 Å². The molecule has 1 rings (SSSR count). The Bertz CT molecular complexity index is 688. The average Bonchev–Trinajstić information content (AvgIpc) is 2.25. The van der Waals surface area contributed by atoms with Gasteiger partial charge < -0.3 is 4.55 Å². The monoisotopic (exact) mass is 326 g/mol. The first-order valence-corrected chi connectivity index (χ1v) is 5.87. The minimum atomic E-state index is -4.92. The fraction of sp³-hybridized carbons (Fsp3) is 0. The fourth-order valence-corrected chi connectivity index (χ4v) is 1.16. The number of non-ortho nitro benzene ring substituents is 1. The summed E-state index contributed by atoms with van der Waals surface area (Å²) in [6.45, 7) is 0. The maximum absolute atomic E-state index is 10.5. The first-order valence-electron chi connectivity index (χ1n) is 4.13. The summed E-state index contributed by atoms with van der Waals surface area (Å²) in [4.78, 5) is 21.7. The SMILES string of the molecule is N#[N+]c1c(Cl)cc([N+](=O)[O-])cc1[N+](=O)[O-].O=S(=O)([O-])O. The van der Waals surface area contributed by atoms with E-state index >= 15 is 0 Å². The molecule has 108 valence electrons. The van der Waals surface area contributed by atoms with Crippen LogP contribution >= 0.6 is 11.6 Å². The van der Waals surface area contributed by atoms with E-state index in [2.05, 4.69) is 4.98 Å². The average molecular weight is 327 g/mol. The number of benzene rings is 1. The molecule has 14 heteroatoms. The highest BCUT2D eigenvalue weighted by Gasteiger charge is 2.32. The lowest BCUT2D eigenvalue weighted by Crippen LogP contribution is -1.93. The smallest absolute Gasteiger partial charge is 0.479 e. The molecule has 0 amide bonds. The second-order valence-corrected chi connectivity index (χ2v) is 4.10. The minimum absolute atomic E-state index is 0.363. The van der Waals surface area contributed by atoms with Gasteiger partial charge in [0.25, 0.3) is 5.69 Å². The van der Waals surface area contributed by atoms with Crippen molar-refractivity contribution in [3.63, 3.8) is 0 Å². The molecular formula is C6H3ClN4O8S. The van der Waals surface area contributed by atoms with E-state index in [9.17, 15) is 20.2 Å². The highest BCUT2D eigenvalue weighted by Crippen LogP contribution is 2.38. The first-order chi connectivity index (χ1) is 8.97. The number of hydrogen-bond acceptors (Lipinski definition) is 8. The summed E-state index contributed by atoms with van der Waals surface area (Å²) in [6.07, 6.45) is 0. The van der Waals surface area contributed by atoms with Crippen molar-refractivity contribution in [1.82, 2.24) is 0 Å². The van der Waals surface area contributed by atoms with Crippen LogP contribution in [0.1, 0.15) is 0 Å². The Balaban J connectivity index is 0.000000621. The van der Waals surface area contributed by atoms with Gasteiger partial charge in [-0.3, -0.25) is 24.8 Å². The standard InChI is InChI=1S/C6H2ClN4O4.H2O4S/c7-4-1-3(10(12)13)2-5(11(14)15)6(4)9-8;1-5(2,3)4/h1-2H;(H2,1,2,3,4)/q+1;/p-1. The molecule has 0 aliphatic heterocycles. The Morgan fingerprint density at radius 2 is 1.70 bits per heavy atom. The first kappa shape index (κ1) is 17.6. The van der Waals surface area contributed by atoms with Gasteiger partial charge in [0.2, 0.25) is 15.8 Å². The predicted molar refractivity (Wildman–Crippen MR) is 61.8 cm³/mol. The van der Waals surface area contributed by atoms with E-state index in [1.807, 2.05) is 0 Å². The Morgan fingerprint density at radius 1 is 1.25 bits per heavy atom. The molecule has 12 nitrogen and oxygen atoms in total. The molecule has 0 radical (unpaired) electrons. The molecule has 0 spiro atoms. The number of hydrogen-bond donors (Lipinski definition) is 1. The maximum atomic E-state index is 10.5. The maximum Gasteiger partial charge on any atom is 0.479 e. The van der Waals surface area contributed by atoms with E-state index < -0.39 is 37.3 Å². The molecule has 0 unspecified atom stereocenters. The quantitative estimate of drug-likeness (QED) is 0.276. The van der Waals surface area contributed by atoms with Crippen molar-refractivity contribution in [2.75, 3.05) is 0 Å². The highest BCUT2D eigenvalue weighted by atomic mass is 35.5. The number of nitrogens with zero attached hydrogens (tertiary/aromatic N) is 4. The van der Waals surface area contributed by atoms with E-state index in [1.165, 1.54) is 0 Å². The third-order valence-corrected chi connectivity index (χ3v) is 1.82. The second kappa shape index (κ2) is 6.68. The van der Waals surface area contributed by atoms with Crippen molar-refractivity contribution in [2.24, 2.45) is 0 Å². The van der Waals surface area contributed by atoms with Gasteiger partial charge in [0.1, 0.15) is 6.07 Å². The Kier molecular flexibility index (Phi) is 5.87. The fourth-order valence-electron chi connectivity index (χ4n) is 0.914. The molecule has 0 bridgehead atoms. The van der Waals surface area contributed by atoms with Gasteiger partial charge in [0, 0.05) is 6.07 Å². The lowest BCUT2D eigenvalue weighted by atomic mass is 10.2. The minimum Gasteiger partial charge on any atom is -0.726 e. The van der Waals surface area contributed by atoms with Crippen LogP contribution in [0.4, 0.5) is 17.1 Å². The van der Waals surface area contributed by atoms with Crippen molar-refractivity contribution >= 4 is 39.1 Å². The van der Waals surface area contributed by atoms with Crippen LogP contribution in [-0.4, -0.2) is 27.4 Å². The molecule has 0 aromatic heterocycles. The lowest BCUT2D eigenvalue weighted by Gasteiger charge is -1.91. The van der Waals surface area contributed by atoms with Crippen molar-refractivity contribution in [2.45, 2.75) is 0 Å². The third-order valence-electron chi connectivity index (χ3n) is 1.54. The Morgan fingerprint density at radius 3 is 2.00 bits per heavy atom. The van der Waals surface area contributed by atoms with Gasteiger partial charge in [-0.2, -0.15) is 0 Å². The number of halogens is 1. The van der Waals surface area contributed by atoms with Crippen LogP contribution < -0.4 is 0 Å². The molecule has 0 aliphatic rings. The molecule has 0 saturated carbocycles. The van der Waals surface area contributed by atoms with E-state index in [0.29, 0.717) is 6.07 Å². The van der Waals surface area contributed by atoms with Crippen LogP contribution in [0.2, 0.25) is 5.02 Å². The summed E-state index contributed by atoms with van der Waals surface area (Å²) >= 11 is 5.46. The van der Waals surface area contributed by atoms with E-state index in [4.69, 9.17) is 34.5 Å². The van der Waals surface area contributed by atoms with Crippen molar-refractivity contribution in [3.05, 3.63) is 42.4 Å². The number of nitro groups is 2. The molecule has 0 saturated heterocycles. The normalized spacial score (nSPS) is 9.90. The summed E-state index contributed by atoms with van der Waals surface area (Å²) in [5.41, 5.74) is -1.77. The number of rotatable bonds is 2. The summed E-state index contributed by atoms with van der Waals surface area (Å²) in [6, 6.07) is 1.53. The Labute approximate surface area is 115 Å². The molecule has 0 aliphatic carbocycles. The van der Waals surface area contributed by atoms with Crippen molar-refractivity contribution in [3.8, 4) is 0 Å². The largest absolute Gasteiger partial charge is 0.726 e. The molecule has 0 fully saturated rings. The van der Waals surface area contributed by atoms with Crippen LogP contribution in [0.5, 0.6) is 0 Å². The van der Waals surface area contributed by atoms with E-state index in [0.717, 1.165) is 6.07 Å². The number of nitro benzene ring substituents is 2. The van der Waals surface area contributed by atoms with Crippen LogP contribution in [0.25, 0.3) is 4.98 Å². The Hall–Kier alpha value is -2.40. The molecular weight excluding hydrogens is 324 g/mol. The predicted octanol–water partition coefficient (Wildman–Crippen LogP) is 1.65. The zero-order chi connectivity index (χ0) is 16.1. The zero-order valence-electron chi connectivity index (χ0n) is 9.03. The molecule has 20 heavy (non-hydrogen) atoms. The van der Waals surface area contributed by atoms with Gasteiger partial charge >= 0.3 is 11.4 Å². The summed E-state index contributed by atoms with van der Waals surface area (Å²) < 4.78 is 32.8. The molecule has 1 N–H and O–H groups in total. The molecule has 1 aromatic carbocycles. The van der Waals surface area contributed by atoms with E-state index in [-0.39, 0.29) is 5.02 Å². The summed E-state index contributed by atoms with van der Waals surface area (Å²) in [7, 11) is -4.92. The van der Waals surface area contributed by atoms with Crippen LogP contribution in [0, 0.1) is 25.6 Å². The van der Waals surface area contributed by atoms with Gasteiger partial charge in [0.15, 0.2) is 10.00 Å². The van der Waals surface area contributed by atoms with Gasteiger partial charge in [-0.05, 0) is 0 Å². The van der Waals surface area contributed by atoms with Crippen molar-refractivity contribution in [1.29, 1.82) is 5.39 Å². The van der Waals surface area contributed by atoms with Crippen molar-refractivity contribution < 1.29 is 27.4 Å². The van der Waals surface area contributed by atoms with Crippen LogP contribution in [0.3, 0.4) is 0 Å². The van der Waals surface area contributed by atoms with Gasteiger partial charge in [-0.25, -0.2) is 8.42 Å². The topological polar surface area (TPSA) is 192 Å². The van der Waals surface area contributed by atoms with Gasteiger partial charge in [0.05, 0.1) is 9.85 Å². The second-order valence-electron chi connectivity index (χ2n) is 2.84. The third kappa shape index (κ3) is 5.97.